The summed E-state index contributed by atoms with van der Waals surface area (Å²) in [4.78, 5) is 26.5. The molecule has 0 aromatic heterocycles. The van der Waals surface area contributed by atoms with Gasteiger partial charge in [-0.15, -0.1) is 0 Å². The van der Waals surface area contributed by atoms with Crippen LogP contribution in [0.15, 0.2) is 71.6 Å². The molecule has 0 spiro atoms. The first-order chi connectivity index (χ1) is 17.7. The summed E-state index contributed by atoms with van der Waals surface area (Å²) in [6.45, 7) is 3.23. The molecule has 0 saturated carbocycles. The minimum Gasteiger partial charge on any atom is -0.484 e. The minimum absolute atomic E-state index is 0.0456. The first-order valence-corrected chi connectivity index (χ1v) is 13.7. The molecule has 8 nitrogen and oxygen atoms in total. The fraction of sp³-hybridized carbons (Fsp3) is 0.259. The van der Waals surface area contributed by atoms with Crippen molar-refractivity contribution in [1.82, 2.24) is 4.90 Å². The Bertz CT molecular complexity index is 1370. The van der Waals surface area contributed by atoms with E-state index in [2.05, 4.69) is 10.0 Å². The summed E-state index contributed by atoms with van der Waals surface area (Å²) in [6.07, 6.45) is 2.46. The smallest absolute Gasteiger partial charge is 0.262 e. The van der Waals surface area contributed by atoms with Gasteiger partial charge in [-0.1, -0.05) is 29.8 Å². The lowest BCUT2D eigenvalue weighted by atomic mass is 10.1. The lowest BCUT2D eigenvalue weighted by Crippen LogP contribution is -2.29. The molecule has 1 heterocycles. The van der Waals surface area contributed by atoms with Crippen LogP contribution in [-0.4, -0.2) is 44.8 Å². The summed E-state index contributed by atoms with van der Waals surface area (Å²) >= 11 is 6.07. The maximum atomic E-state index is 12.6. The molecule has 3 aromatic carbocycles. The highest BCUT2D eigenvalue weighted by Gasteiger charge is 2.18. The topological polar surface area (TPSA) is 105 Å². The fourth-order valence-electron chi connectivity index (χ4n) is 3.89. The number of rotatable bonds is 9. The highest BCUT2D eigenvalue weighted by Crippen LogP contribution is 2.24. The number of nitrogens with one attached hydrogen (secondary N) is 2. The molecule has 1 aliphatic rings. The van der Waals surface area contributed by atoms with Gasteiger partial charge >= 0.3 is 0 Å². The molecule has 2 N–H and O–H groups in total. The molecule has 10 heteroatoms. The Kier molecular flexibility index (Phi) is 8.35. The molecule has 1 fully saturated rings. The van der Waals surface area contributed by atoms with E-state index in [0.29, 0.717) is 28.6 Å². The Morgan fingerprint density at radius 1 is 0.946 bits per heavy atom. The molecule has 1 aliphatic heterocycles. The molecular formula is C27H28ClN3O5S. The summed E-state index contributed by atoms with van der Waals surface area (Å²) in [5.41, 5.74) is 2.69. The van der Waals surface area contributed by atoms with E-state index in [1.807, 2.05) is 24.0 Å². The zero-order valence-electron chi connectivity index (χ0n) is 20.4. The average molecular weight is 542 g/mol. The van der Waals surface area contributed by atoms with Crippen molar-refractivity contribution in [2.45, 2.75) is 31.1 Å². The van der Waals surface area contributed by atoms with Crippen molar-refractivity contribution in [3.8, 4) is 5.75 Å². The molecule has 0 atom stereocenters. The van der Waals surface area contributed by atoms with Gasteiger partial charge in [0.15, 0.2) is 6.61 Å². The van der Waals surface area contributed by atoms with E-state index in [-0.39, 0.29) is 23.3 Å². The number of halogens is 1. The van der Waals surface area contributed by atoms with Crippen LogP contribution in [0.3, 0.4) is 0 Å². The van der Waals surface area contributed by atoms with Crippen LogP contribution < -0.4 is 14.8 Å². The molecule has 2 amide bonds. The van der Waals surface area contributed by atoms with E-state index >= 15 is 0 Å². The van der Waals surface area contributed by atoms with Crippen molar-refractivity contribution in [2.75, 3.05) is 29.7 Å². The van der Waals surface area contributed by atoms with E-state index in [0.717, 1.165) is 37.1 Å². The predicted octanol–water partition coefficient (Wildman–Crippen LogP) is 4.63. The minimum atomic E-state index is -3.82. The van der Waals surface area contributed by atoms with Gasteiger partial charge in [0, 0.05) is 23.8 Å². The van der Waals surface area contributed by atoms with E-state index in [9.17, 15) is 18.0 Å². The number of aryl methyl sites for hydroxylation is 1. The number of nitrogens with zero attached hydrogens (tertiary/aromatic N) is 1. The van der Waals surface area contributed by atoms with Crippen molar-refractivity contribution in [2.24, 2.45) is 0 Å². The third kappa shape index (κ3) is 7.24. The number of likely N-dealkylation sites (tertiary alicyclic amines) is 1. The molecule has 0 unspecified atom stereocenters. The first-order valence-electron chi connectivity index (χ1n) is 11.9. The number of hydrogen-bond donors (Lipinski definition) is 2. The van der Waals surface area contributed by atoms with E-state index in [1.54, 1.807) is 30.3 Å². The van der Waals surface area contributed by atoms with E-state index in [4.69, 9.17) is 16.3 Å². The zero-order chi connectivity index (χ0) is 26.4. The molecule has 0 aliphatic carbocycles. The normalized spacial score (nSPS) is 13.3. The van der Waals surface area contributed by atoms with Crippen molar-refractivity contribution in [3.05, 3.63) is 82.9 Å². The second-order valence-corrected chi connectivity index (χ2v) is 10.9. The first kappa shape index (κ1) is 26.5. The third-order valence-electron chi connectivity index (χ3n) is 5.98. The lowest BCUT2D eigenvalue weighted by molar-refractivity contribution is -0.129. The number of carbonyl (C=O) groups is 2. The van der Waals surface area contributed by atoms with Crippen LogP contribution in [0.4, 0.5) is 11.4 Å². The van der Waals surface area contributed by atoms with Crippen LogP contribution in [0.5, 0.6) is 5.75 Å². The zero-order valence-corrected chi connectivity index (χ0v) is 21.9. The summed E-state index contributed by atoms with van der Waals surface area (Å²) in [5, 5.41) is 3.21. The van der Waals surface area contributed by atoms with Crippen LogP contribution >= 0.6 is 11.6 Å². The Morgan fingerprint density at radius 3 is 2.24 bits per heavy atom. The Morgan fingerprint density at radius 2 is 1.59 bits per heavy atom. The highest BCUT2D eigenvalue weighted by atomic mass is 35.5. The van der Waals surface area contributed by atoms with Gasteiger partial charge in [-0.05, 0) is 79.4 Å². The molecule has 0 radical (unpaired) electrons. The van der Waals surface area contributed by atoms with Crippen molar-refractivity contribution < 1.29 is 22.7 Å². The third-order valence-corrected chi connectivity index (χ3v) is 7.78. The molecule has 3 aromatic rings. The van der Waals surface area contributed by atoms with Crippen LogP contribution in [0.2, 0.25) is 5.02 Å². The Labute approximate surface area is 221 Å². The monoisotopic (exact) mass is 541 g/mol. The van der Waals surface area contributed by atoms with Gasteiger partial charge in [-0.25, -0.2) is 8.42 Å². The molecule has 4 rings (SSSR count). The number of ether oxygens (including phenoxy) is 1. The molecular weight excluding hydrogens is 514 g/mol. The molecule has 0 bridgehead atoms. The molecule has 1 saturated heterocycles. The lowest BCUT2D eigenvalue weighted by Gasteiger charge is -2.15. The van der Waals surface area contributed by atoms with E-state index in [1.165, 1.54) is 24.3 Å². The van der Waals surface area contributed by atoms with Gasteiger partial charge in [-0.3, -0.25) is 14.3 Å². The quantitative estimate of drug-likeness (QED) is 0.411. The van der Waals surface area contributed by atoms with Gasteiger partial charge in [0.25, 0.3) is 15.9 Å². The average Bonchev–Trinajstić information content (AvgIpc) is 3.42. The summed E-state index contributed by atoms with van der Waals surface area (Å²) in [6, 6.07) is 17.8. The van der Waals surface area contributed by atoms with Crippen LogP contribution in [0.25, 0.3) is 0 Å². The van der Waals surface area contributed by atoms with Crippen LogP contribution in [0.1, 0.15) is 24.0 Å². The van der Waals surface area contributed by atoms with Gasteiger partial charge in [0.2, 0.25) is 5.91 Å². The second-order valence-electron chi connectivity index (χ2n) is 8.84. The van der Waals surface area contributed by atoms with Gasteiger partial charge in [0.05, 0.1) is 17.0 Å². The number of hydrogen-bond acceptors (Lipinski definition) is 5. The summed E-state index contributed by atoms with van der Waals surface area (Å²) in [5.74, 6) is 0.107. The number of amides is 2. The highest BCUT2D eigenvalue weighted by molar-refractivity contribution is 7.92. The fourth-order valence-corrected chi connectivity index (χ4v) is 5.12. The van der Waals surface area contributed by atoms with Crippen LogP contribution in [-0.2, 0) is 26.0 Å². The summed E-state index contributed by atoms with van der Waals surface area (Å²) in [7, 11) is -3.82. The van der Waals surface area contributed by atoms with Gasteiger partial charge < -0.3 is 15.0 Å². The number of sulfonamides is 1. The summed E-state index contributed by atoms with van der Waals surface area (Å²) < 4.78 is 33.3. The SMILES string of the molecule is Cc1ccc(NS(=O)(=O)c2ccc(OCC(=O)Nc3ccc(CC(=O)N4CCCC4)cc3)cc2)cc1Cl. The second kappa shape index (κ2) is 11.7. The van der Waals surface area contributed by atoms with Gasteiger partial charge in [-0.2, -0.15) is 0 Å². The standard InChI is InChI=1S/C27H28ClN3O5S/c1-19-4-7-22(17-25(19)28)30-37(34,35)24-12-10-23(11-13-24)36-18-26(32)29-21-8-5-20(6-9-21)16-27(33)31-14-2-3-15-31/h4-13,17,30H,2-3,14-16,18H2,1H3,(H,29,32). The number of carbonyl (C=O) groups excluding carboxylic acids is 2. The molecule has 37 heavy (non-hydrogen) atoms. The van der Waals surface area contributed by atoms with Gasteiger partial charge in [0.1, 0.15) is 5.75 Å². The van der Waals surface area contributed by atoms with Crippen molar-refractivity contribution in [1.29, 1.82) is 0 Å². The Hall–Kier alpha value is -3.56. The predicted molar refractivity (Wildman–Crippen MR) is 144 cm³/mol. The number of benzene rings is 3. The number of anilines is 2. The maximum Gasteiger partial charge on any atom is 0.262 e. The largest absolute Gasteiger partial charge is 0.484 e. The van der Waals surface area contributed by atoms with E-state index < -0.39 is 10.0 Å². The van der Waals surface area contributed by atoms with Crippen LogP contribution in [0, 0.1) is 6.92 Å². The molecule has 194 valence electrons. The van der Waals surface area contributed by atoms with Crippen molar-refractivity contribution >= 4 is 44.8 Å². The maximum absolute atomic E-state index is 12.6. The van der Waals surface area contributed by atoms with Crippen molar-refractivity contribution in [3.63, 3.8) is 0 Å². The Balaban J connectivity index is 1.26.